The van der Waals surface area contributed by atoms with Gasteiger partial charge < -0.3 is 4.90 Å². The Morgan fingerprint density at radius 3 is 2.24 bits per heavy atom. The highest BCUT2D eigenvalue weighted by Crippen LogP contribution is 2.30. The number of nitrogens with one attached hydrogen (secondary N) is 1. The standard InChI is InChI=1S/C13H24N6O2/c1-4-6-8-18(9-7-5-2)12-11(19(20)21)10(3)15-13(16-12)17-14/h4-9,14H2,1-3H3,(H,15,16,17). The van der Waals surface area contributed by atoms with E-state index in [2.05, 4.69) is 29.2 Å². The lowest BCUT2D eigenvalue weighted by Crippen LogP contribution is -2.28. The summed E-state index contributed by atoms with van der Waals surface area (Å²) in [7, 11) is 0. The van der Waals surface area contributed by atoms with Crippen molar-refractivity contribution in [3.05, 3.63) is 15.8 Å². The molecule has 8 nitrogen and oxygen atoms in total. The van der Waals surface area contributed by atoms with Gasteiger partial charge in [0, 0.05) is 13.1 Å². The van der Waals surface area contributed by atoms with Crippen LogP contribution >= 0.6 is 0 Å². The second-order valence-electron chi connectivity index (χ2n) is 4.90. The number of nitrogens with two attached hydrogens (primary N) is 1. The van der Waals surface area contributed by atoms with Crippen LogP contribution in [-0.4, -0.2) is 28.0 Å². The van der Waals surface area contributed by atoms with E-state index in [-0.39, 0.29) is 11.6 Å². The Bertz CT molecular complexity index is 472. The molecule has 0 aliphatic rings. The Kier molecular flexibility index (Phi) is 6.80. The summed E-state index contributed by atoms with van der Waals surface area (Å²) in [6.45, 7) is 7.24. The molecular weight excluding hydrogens is 272 g/mol. The fourth-order valence-corrected chi connectivity index (χ4v) is 2.07. The molecule has 1 aromatic rings. The topological polar surface area (TPSA) is 110 Å². The van der Waals surface area contributed by atoms with Crippen molar-refractivity contribution < 1.29 is 4.92 Å². The van der Waals surface area contributed by atoms with Gasteiger partial charge in [-0.1, -0.05) is 26.7 Å². The van der Waals surface area contributed by atoms with E-state index in [1.807, 2.05) is 4.90 Å². The minimum Gasteiger partial charge on any atom is -0.351 e. The van der Waals surface area contributed by atoms with Crippen LogP contribution in [0.3, 0.4) is 0 Å². The van der Waals surface area contributed by atoms with Gasteiger partial charge in [0.05, 0.1) is 4.92 Å². The summed E-state index contributed by atoms with van der Waals surface area (Å²) in [6, 6.07) is 0. The van der Waals surface area contributed by atoms with Crippen molar-refractivity contribution in [3.8, 4) is 0 Å². The molecule has 0 aliphatic carbocycles. The lowest BCUT2D eigenvalue weighted by Gasteiger charge is -2.23. The molecule has 1 rings (SSSR count). The summed E-state index contributed by atoms with van der Waals surface area (Å²) in [5, 5.41) is 11.3. The van der Waals surface area contributed by atoms with E-state index in [1.165, 1.54) is 0 Å². The minimum absolute atomic E-state index is 0.0405. The monoisotopic (exact) mass is 296 g/mol. The first-order valence-corrected chi connectivity index (χ1v) is 7.29. The van der Waals surface area contributed by atoms with Gasteiger partial charge in [-0.2, -0.15) is 4.98 Å². The zero-order valence-electron chi connectivity index (χ0n) is 12.9. The lowest BCUT2D eigenvalue weighted by molar-refractivity contribution is -0.385. The zero-order chi connectivity index (χ0) is 15.8. The quantitative estimate of drug-likeness (QED) is 0.409. The first-order chi connectivity index (χ1) is 10.0. The van der Waals surface area contributed by atoms with Crippen molar-refractivity contribution in [1.82, 2.24) is 9.97 Å². The molecule has 0 radical (unpaired) electrons. The molecule has 0 aliphatic heterocycles. The minimum atomic E-state index is -0.421. The molecule has 21 heavy (non-hydrogen) atoms. The largest absolute Gasteiger partial charge is 0.351 e. The van der Waals surface area contributed by atoms with E-state index in [4.69, 9.17) is 5.84 Å². The number of hydrazine groups is 1. The third kappa shape index (κ3) is 4.52. The van der Waals surface area contributed by atoms with E-state index in [0.29, 0.717) is 11.5 Å². The van der Waals surface area contributed by atoms with E-state index in [9.17, 15) is 10.1 Å². The van der Waals surface area contributed by atoms with Crippen LogP contribution in [0, 0.1) is 17.0 Å². The summed E-state index contributed by atoms with van der Waals surface area (Å²) in [5.74, 6) is 5.90. The number of hydrogen-bond acceptors (Lipinski definition) is 7. The van der Waals surface area contributed by atoms with Crippen LogP contribution in [0.4, 0.5) is 17.5 Å². The average Bonchev–Trinajstić information content (AvgIpc) is 2.46. The molecule has 0 saturated carbocycles. The molecule has 0 spiro atoms. The van der Waals surface area contributed by atoms with Crippen molar-refractivity contribution in [2.45, 2.75) is 46.5 Å². The summed E-state index contributed by atoms with van der Waals surface area (Å²) >= 11 is 0. The fraction of sp³-hybridized carbons (Fsp3) is 0.692. The predicted octanol–water partition coefficient (Wildman–Crippen LogP) is 2.39. The van der Waals surface area contributed by atoms with E-state index in [0.717, 1.165) is 38.8 Å². The summed E-state index contributed by atoms with van der Waals surface area (Å²) in [5.41, 5.74) is 2.65. The molecule has 0 bridgehead atoms. The van der Waals surface area contributed by atoms with Gasteiger partial charge >= 0.3 is 5.69 Å². The summed E-state index contributed by atoms with van der Waals surface area (Å²) in [4.78, 5) is 21.1. The van der Waals surface area contributed by atoms with E-state index < -0.39 is 4.92 Å². The van der Waals surface area contributed by atoms with Gasteiger partial charge in [-0.3, -0.25) is 15.5 Å². The van der Waals surface area contributed by atoms with Crippen molar-refractivity contribution in [2.75, 3.05) is 23.4 Å². The predicted molar refractivity (Wildman–Crippen MR) is 83.3 cm³/mol. The third-order valence-corrected chi connectivity index (χ3v) is 3.21. The lowest BCUT2D eigenvalue weighted by atomic mass is 10.2. The van der Waals surface area contributed by atoms with Crippen molar-refractivity contribution in [1.29, 1.82) is 0 Å². The van der Waals surface area contributed by atoms with Crippen molar-refractivity contribution in [3.63, 3.8) is 0 Å². The highest BCUT2D eigenvalue weighted by molar-refractivity contribution is 5.62. The Hall–Kier alpha value is -1.96. The van der Waals surface area contributed by atoms with Crippen LogP contribution in [0.15, 0.2) is 0 Å². The Morgan fingerprint density at radius 2 is 1.81 bits per heavy atom. The number of nitrogens with zero attached hydrogens (tertiary/aromatic N) is 4. The molecular formula is C13H24N6O2. The van der Waals surface area contributed by atoms with Crippen LogP contribution in [0.2, 0.25) is 0 Å². The van der Waals surface area contributed by atoms with Gasteiger partial charge in [-0.25, -0.2) is 10.8 Å². The number of nitro groups is 1. The number of hydrogen-bond donors (Lipinski definition) is 2. The number of nitrogen functional groups attached to an aromatic ring is 1. The van der Waals surface area contributed by atoms with Gasteiger partial charge in [0.1, 0.15) is 5.69 Å². The summed E-state index contributed by atoms with van der Waals surface area (Å²) < 4.78 is 0. The van der Waals surface area contributed by atoms with Crippen LogP contribution in [0.25, 0.3) is 0 Å². The molecule has 8 heteroatoms. The molecule has 0 atom stereocenters. The van der Waals surface area contributed by atoms with Gasteiger partial charge in [0.25, 0.3) is 0 Å². The highest BCUT2D eigenvalue weighted by atomic mass is 16.6. The molecule has 0 unspecified atom stereocenters. The first kappa shape index (κ1) is 17.1. The Morgan fingerprint density at radius 1 is 1.24 bits per heavy atom. The molecule has 1 aromatic heterocycles. The molecule has 1 heterocycles. The molecule has 0 aromatic carbocycles. The number of rotatable bonds is 9. The second-order valence-corrected chi connectivity index (χ2v) is 4.90. The molecule has 0 amide bonds. The van der Waals surface area contributed by atoms with Crippen LogP contribution < -0.4 is 16.2 Å². The molecule has 0 fully saturated rings. The van der Waals surface area contributed by atoms with E-state index in [1.54, 1.807) is 6.92 Å². The van der Waals surface area contributed by atoms with Gasteiger partial charge in [-0.15, -0.1) is 0 Å². The number of aryl methyl sites for hydroxylation is 1. The Balaban J connectivity index is 3.24. The summed E-state index contributed by atoms with van der Waals surface area (Å²) in [6.07, 6.45) is 3.94. The van der Waals surface area contributed by atoms with E-state index >= 15 is 0 Å². The smallest absolute Gasteiger partial charge is 0.332 e. The SMILES string of the molecule is CCCCN(CCCC)c1nc(NN)nc(C)c1[N+](=O)[O-]. The second kappa shape index (κ2) is 8.35. The van der Waals surface area contributed by atoms with Gasteiger partial charge in [0.2, 0.25) is 11.8 Å². The molecule has 3 N–H and O–H groups in total. The number of aromatic nitrogens is 2. The fourth-order valence-electron chi connectivity index (χ4n) is 2.07. The van der Waals surface area contributed by atoms with Gasteiger partial charge in [-0.05, 0) is 19.8 Å². The van der Waals surface area contributed by atoms with Crippen molar-refractivity contribution >= 4 is 17.5 Å². The normalized spacial score (nSPS) is 10.5. The number of unbranched alkanes of at least 4 members (excludes halogenated alkanes) is 2. The molecule has 0 saturated heterocycles. The molecule has 118 valence electrons. The van der Waals surface area contributed by atoms with Crippen LogP contribution in [0.5, 0.6) is 0 Å². The maximum atomic E-state index is 11.3. The Labute approximate surface area is 124 Å². The van der Waals surface area contributed by atoms with Crippen LogP contribution in [0.1, 0.15) is 45.2 Å². The third-order valence-electron chi connectivity index (χ3n) is 3.21. The van der Waals surface area contributed by atoms with Gasteiger partial charge in [0.15, 0.2) is 0 Å². The highest BCUT2D eigenvalue weighted by Gasteiger charge is 2.26. The maximum Gasteiger partial charge on any atom is 0.332 e. The average molecular weight is 296 g/mol. The van der Waals surface area contributed by atoms with Crippen LogP contribution in [-0.2, 0) is 0 Å². The maximum absolute atomic E-state index is 11.3. The zero-order valence-corrected chi connectivity index (χ0v) is 12.9. The number of anilines is 2. The van der Waals surface area contributed by atoms with Crippen molar-refractivity contribution in [2.24, 2.45) is 5.84 Å². The first-order valence-electron chi connectivity index (χ1n) is 7.29.